The summed E-state index contributed by atoms with van der Waals surface area (Å²) in [6.45, 7) is 2.62. The molecule has 1 aliphatic heterocycles. The van der Waals surface area contributed by atoms with E-state index in [-0.39, 0.29) is 11.3 Å². The Kier molecular flexibility index (Phi) is 6.14. The first kappa shape index (κ1) is 23.5. The van der Waals surface area contributed by atoms with Gasteiger partial charge in [0.05, 0.1) is 12.2 Å². The van der Waals surface area contributed by atoms with E-state index in [0.29, 0.717) is 35.8 Å². The maximum atomic E-state index is 13.0. The molecule has 4 aromatic carbocycles. The maximum Gasteiger partial charge on any atom is 0.416 e. The van der Waals surface area contributed by atoms with E-state index in [1.54, 1.807) is 24.3 Å². The molecule has 36 heavy (non-hydrogen) atoms. The van der Waals surface area contributed by atoms with E-state index < -0.39 is 17.6 Å². The molecule has 0 aliphatic carbocycles. The highest BCUT2D eigenvalue weighted by Crippen LogP contribution is 2.39. The van der Waals surface area contributed by atoms with Crippen LogP contribution in [-0.2, 0) is 17.6 Å². The van der Waals surface area contributed by atoms with Crippen LogP contribution in [0.15, 0.2) is 78.9 Å². The highest BCUT2D eigenvalue weighted by molar-refractivity contribution is 6.35. The summed E-state index contributed by atoms with van der Waals surface area (Å²) in [4.78, 5) is 12.5. The van der Waals surface area contributed by atoms with Gasteiger partial charge in [-0.15, -0.1) is 0 Å². The van der Waals surface area contributed by atoms with Gasteiger partial charge in [-0.2, -0.15) is 13.2 Å². The Bertz CT molecular complexity index is 1490. The second-order valence-corrected chi connectivity index (χ2v) is 8.34. The second-order valence-electron chi connectivity index (χ2n) is 8.34. The predicted octanol–water partition coefficient (Wildman–Crippen LogP) is 7.33. The summed E-state index contributed by atoms with van der Waals surface area (Å²) in [5.74, 6) is 0.606. The topological polar surface area (TPSA) is 47.6 Å². The number of halogens is 3. The van der Waals surface area contributed by atoms with Gasteiger partial charge in [-0.05, 0) is 59.2 Å². The highest BCUT2D eigenvalue weighted by atomic mass is 19.4. The quantitative estimate of drug-likeness (QED) is 0.289. The molecular formula is C29H22F3NO3. The summed E-state index contributed by atoms with van der Waals surface area (Å²) < 4.78 is 51.0. The fourth-order valence-electron chi connectivity index (χ4n) is 4.26. The van der Waals surface area contributed by atoms with E-state index in [1.165, 1.54) is 6.07 Å². The summed E-state index contributed by atoms with van der Waals surface area (Å²) >= 11 is 0. The number of rotatable bonds is 6. The van der Waals surface area contributed by atoms with Crippen molar-refractivity contribution in [2.24, 2.45) is 0 Å². The molecule has 1 aliphatic rings. The van der Waals surface area contributed by atoms with Crippen molar-refractivity contribution in [3.63, 3.8) is 0 Å². The number of carbonyl (C=O) groups is 1. The van der Waals surface area contributed by atoms with Crippen LogP contribution in [0, 0.1) is 0 Å². The van der Waals surface area contributed by atoms with Crippen molar-refractivity contribution in [2.45, 2.75) is 19.7 Å². The van der Waals surface area contributed by atoms with E-state index in [1.807, 2.05) is 43.3 Å². The van der Waals surface area contributed by atoms with Gasteiger partial charge in [-0.25, -0.2) is 0 Å². The fourth-order valence-corrected chi connectivity index (χ4v) is 4.26. The molecule has 1 N–H and O–H groups in total. The largest absolute Gasteiger partial charge is 0.490 e. The van der Waals surface area contributed by atoms with Crippen LogP contribution >= 0.6 is 0 Å². The molecule has 0 aromatic heterocycles. The van der Waals surface area contributed by atoms with Crippen LogP contribution in [0.1, 0.15) is 29.2 Å². The fraction of sp³-hybridized carbons (Fsp3) is 0.138. The second kappa shape index (κ2) is 9.41. The van der Waals surface area contributed by atoms with Gasteiger partial charge in [0, 0.05) is 16.8 Å². The summed E-state index contributed by atoms with van der Waals surface area (Å²) in [7, 11) is 0. The molecule has 5 rings (SSSR count). The van der Waals surface area contributed by atoms with Gasteiger partial charge in [0.2, 0.25) is 0 Å². The van der Waals surface area contributed by atoms with Gasteiger partial charge >= 0.3 is 6.18 Å². The van der Waals surface area contributed by atoms with Crippen LogP contribution < -0.4 is 14.8 Å². The van der Waals surface area contributed by atoms with Gasteiger partial charge in [-0.3, -0.25) is 4.79 Å². The third kappa shape index (κ3) is 4.64. The number of hydrogen-bond acceptors (Lipinski definition) is 3. The normalized spacial score (nSPS) is 14.1. The first-order valence-corrected chi connectivity index (χ1v) is 11.4. The minimum absolute atomic E-state index is 0.140. The van der Waals surface area contributed by atoms with Gasteiger partial charge in [0.25, 0.3) is 5.91 Å². The molecule has 0 saturated heterocycles. The summed E-state index contributed by atoms with van der Waals surface area (Å²) in [6, 6.07) is 22.7. The molecule has 0 fully saturated rings. The average molecular weight is 489 g/mol. The summed E-state index contributed by atoms with van der Waals surface area (Å²) in [6.07, 6.45) is -2.86. The number of ether oxygens (including phenoxy) is 2. The zero-order valence-electron chi connectivity index (χ0n) is 19.4. The van der Waals surface area contributed by atoms with Crippen molar-refractivity contribution in [1.29, 1.82) is 0 Å². The van der Waals surface area contributed by atoms with Crippen LogP contribution in [0.3, 0.4) is 0 Å². The van der Waals surface area contributed by atoms with Crippen LogP contribution in [0.4, 0.5) is 18.9 Å². The predicted molar refractivity (Wildman–Crippen MR) is 134 cm³/mol. The smallest absolute Gasteiger partial charge is 0.416 e. The molecule has 0 spiro atoms. The molecule has 0 saturated carbocycles. The van der Waals surface area contributed by atoms with E-state index in [0.717, 1.165) is 28.5 Å². The van der Waals surface area contributed by atoms with Crippen molar-refractivity contribution in [2.75, 3.05) is 11.9 Å². The molecule has 182 valence electrons. The molecule has 1 amide bonds. The first-order valence-electron chi connectivity index (χ1n) is 11.4. The number of carbonyl (C=O) groups excluding carboxylic acids is 1. The Morgan fingerprint density at radius 2 is 1.69 bits per heavy atom. The zero-order chi connectivity index (χ0) is 25.3. The van der Waals surface area contributed by atoms with E-state index in [9.17, 15) is 18.0 Å². The van der Waals surface area contributed by atoms with Crippen LogP contribution in [0.5, 0.6) is 11.5 Å². The molecule has 4 nitrogen and oxygen atoms in total. The molecule has 0 unspecified atom stereocenters. The Hall–Kier alpha value is -4.26. The standard InChI is InChI=1S/C29H22F3NO3/c1-2-35-27-15-18(14-24-23-12-11-21(29(30,31)32)16-25(23)33-28(24)34)10-13-26(27)36-17-20-8-5-7-19-6-3-4-9-22(19)20/h3-16H,2,17H2,1H3,(H,33,34)/b24-14-. The van der Waals surface area contributed by atoms with Crippen LogP contribution in [-0.4, -0.2) is 12.5 Å². The third-order valence-corrected chi connectivity index (χ3v) is 5.97. The lowest BCUT2D eigenvalue weighted by atomic mass is 10.0. The SMILES string of the molecule is CCOc1cc(/C=C2\C(=O)Nc3cc(C(F)(F)F)ccc32)ccc1OCc1cccc2ccccc12. The summed E-state index contributed by atoms with van der Waals surface area (Å²) in [5.41, 5.74) is 1.73. The number of alkyl halides is 3. The van der Waals surface area contributed by atoms with Gasteiger partial charge in [0.15, 0.2) is 11.5 Å². The van der Waals surface area contributed by atoms with E-state index in [4.69, 9.17) is 9.47 Å². The number of nitrogens with one attached hydrogen (secondary N) is 1. The Morgan fingerprint density at radius 3 is 2.50 bits per heavy atom. The average Bonchev–Trinajstić information content (AvgIpc) is 3.17. The van der Waals surface area contributed by atoms with Crippen molar-refractivity contribution >= 4 is 34.0 Å². The number of benzene rings is 4. The van der Waals surface area contributed by atoms with Crippen molar-refractivity contribution in [3.05, 3.63) is 101 Å². The minimum atomic E-state index is -4.49. The molecule has 7 heteroatoms. The number of amides is 1. The van der Waals surface area contributed by atoms with Gasteiger partial charge in [-0.1, -0.05) is 54.6 Å². The van der Waals surface area contributed by atoms with E-state index in [2.05, 4.69) is 11.4 Å². The number of anilines is 1. The van der Waals surface area contributed by atoms with Gasteiger partial charge in [0.1, 0.15) is 6.61 Å². The first-order chi connectivity index (χ1) is 17.3. The number of fused-ring (bicyclic) bond motifs is 2. The van der Waals surface area contributed by atoms with Crippen molar-refractivity contribution < 1.29 is 27.4 Å². The molecule has 1 heterocycles. The molecule has 4 aromatic rings. The van der Waals surface area contributed by atoms with Gasteiger partial charge < -0.3 is 14.8 Å². The molecule has 0 bridgehead atoms. The molecule has 0 radical (unpaired) electrons. The molecular weight excluding hydrogens is 467 g/mol. The zero-order valence-corrected chi connectivity index (χ0v) is 19.4. The van der Waals surface area contributed by atoms with E-state index >= 15 is 0 Å². The third-order valence-electron chi connectivity index (χ3n) is 5.97. The summed E-state index contributed by atoms with van der Waals surface area (Å²) in [5, 5.41) is 4.76. The van der Waals surface area contributed by atoms with Crippen molar-refractivity contribution in [3.8, 4) is 11.5 Å². The Morgan fingerprint density at radius 1 is 0.889 bits per heavy atom. The monoisotopic (exact) mass is 489 g/mol. The lowest BCUT2D eigenvalue weighted by molar-refractivity contribution is -0.137. The van der Waals surface area contributed by atoms with Crippen LogP contribution in [0.25, 0.3) is 22.4 Å². The number of hydrogen-bond donors (Lipinski definition) is 1. The minimum Gasteiger partial charge on any atom is -0.490 e. The Balaban J connectivity index is 1.42. The Labute approximate surface area is 206 Å². The maximum absolute atomic E-state index is 13.0. The van der Waals surface area contributed by atoms with Crippen molar-refractivity contribution in [1.82, 2.24) is 0 Å². The van der Waals surface area contributed by atoms with Crippen LogP contribution in [0.2, 0.25) is 0 Å². The lowest BCUT2D eigenvalue weighted by Crippen LogP contribution is -2.06. The highest BCUT2D eigenvalue weighted by Gasteiger charge is 2.33. The lowest BCUT2D eigenvalue weighted by Gasteiger charge is -2.14. The molecule has 0 atom stereocenters.